The van der Waals surface area contributed by atoms with E-state index in [1.807, 2.05) is 0 Å². The van der Waals surface area contributed by atoms with Crippen molar-refractivity contribution in [2.24, 2.45) is 0 Å². The molecule has 1 unspecified atom stereocenters. The van der Waals surface area contributed by atoms with Gasteiger partial charge in [-0.1, -0.05) is 6.07 Å². The summed E-state index contributed by atoms with van der Waals surface area (Å²) >= 11 is 0. The zero-order valence-corrected chi connectivity index (χ0v) is 8.71. The average Bonchev–Trinajstić information content (AvgIpc) is 2.14. The molecule has 0 aliphatic heterocycles. The Kier molecular flexibility index (Phi) is 4.07. The van der Waals surface area contributed by atoms with Crippen molar-refractivity contribution in [2.45, 2.75) is 12.8 Å². The molecule has 0 fully saturated rings. The lowest BCUT2D eigenvalue weighted by molar-refractivity contribution is -0.137. The van der Waals surface area contributed by atoms with E-state index in [9.17, 15) is 22.1 Å². The van der Waals surface area contributed by atoms with E-state index < -0.39 is 32.4 Å². The second-order valence-electron chi connectivity index (χ2n) is 2.86. The lowest BCUT2D eigenvalue weighted by Gasteiger charge is -2.08. The van der Waals surface area contributed by atoms with Crippen molar-refractivity contribution in [3.63, 3.8) is 0 Å². The zero-order chi connectivity index (χ0) is 12.3. The first-order valence-electron chi connectivity index (χ1n) is 4.02. The van der Waals surface area contributed by atoms with Crippen molar-refractivity contribution in [3.8, 4) is 0 Å². The van der Waals surface area contributed by atoms with Crippen molar-refractivity contribution in [1.82, 2.24) is 0 Å². The molecule has 1 aromatic carbocycles. The van der Waals surface area contributed by atoms with Crippen LogP contribution in [-0.4, -0.2) is 4.89 Å². The van der Waals surface area contributed by atoms with Crippen LogP contribution in [-0.2, 0) is 21.9 Å². The van der Waals surface area contributed by atoms with Crippen molar-refractivity contribution in [2.75, 3.05) is 0 Å². The first-order valence-corrected chi connectivity index (χ1v) is 5.28. The molecule has 1 rings (SSSR count). The molecule has 16 heavy (non-hydrogen) atoms. The van der Waals surface area contributed by atoms with Gasteiger partial charge in [0.1, 0.15) is 5.82 Å². The SMILES string of the molecule is O=[PH](O)OCc1ccc(C(F)(F)F)cc1F. The van der Waals surface area contributed by atoms with E-state index in [-0.39, 0.29) is 5.56 Å². The van der Waals surface area contributed by atoms with Gasteiger partial charge in [0.2, 0.25) is 0 Å². The van der Waals surface area contributed by atoms with Gasteiger partial charge in [0.05, 0.1) is 12.2 Å². The second kappa shape index (κ2) is 4.95. The Morgan fingerprint density at radius 2 is 2.00 bits per heavy atom. The van der Waals surface area contributed by atoms with Crippen LogP contribution in [0.15, 0.2) is 18.2 Å². The average molecular weight is 258 g/mol. The number of halogens is 4. The number of alkyl halides is 3. The summed E-state index contributed by atoms with van der Waals surface area (Å²) in [6.45, 7) is -0.543. The van der Waals surface area contributed by atoms with Crippen LogP contribution in [0.5, 0.6) is 0 Å². The lowest BCUT2D eigenvalue weighted by atomic mass is 10.1. The maximum absolute atomic E-state index is 13.1. The van der Waals surface area contributed by atoms with Crippen LogP contribution >= 0.6 is 8.25 Å². The van der Waals surface area contributed by atoms with Crippen LogP contribution in [0.3, 0.4) is 0 Å². The minimum absolute atomic E-state index is 0.208. The Morgan fingerprint density at radius 3 is 2.44 bits per heavy atom. The molecule has 0 spiro atoms. The van der Waals surface area contributed by atoms with E-state index >= 15 is 0 Å². The van der Waals surface area contributed by atoms with E-state index in [4.69, 9.17) is 4.89 Å². The molecule has 0 radical (unpaired) electrons. The molecule has 90 valence electrons. The summed E-state index contributed by atoms with van der Waals surface area (Å²) in [6, 6.07) is 1.85. The van der Waals surface area contributed by atoms with Gasteiger partial charge >= 0.3 is 14.4 Å². The van der Waals surface area contributed by atoms with Gasteiger partial charge in [-0.25, -0.2) is 4.39 Å². The largest absolute Gasteiger partial charge is 0.416 e. The summed E-state index contributed by atoms with van der Waals surface area (Å²) in [6.07, 6.45) is -4.62. The first-order chi connectivity index (χ1) is 7.30. The first kappa shape index (κ1) is 13.2. The highest BCUT2D eigenvalue weighted by molar-refractivity contribution is 7.32. The summed E-state index contributed by atoms with van der Waals surface area (Å²) in [5.74, 6) is -1.13. The van der Waals surface area contributed by atoms with Crippen LogP contribution in [0.25, 0.3) is 0 Å². The highest BCUT2D eigenvalue weighted by Gasteiger charge is 2.31. The smallest absolute Gasteiger partial charge is 0.326 e. The van der Waals surface area contributed by atoms with Gasteiger partial charge in [-0.05, 0) is 12.1 Å². The van der Waals surface area contributed by atoms with Crippen molar-refractivity contribution in [1.29, 1.82) is 0 Å². The Hall–Kier alpha value is -0.910. The fourth-order valence-corrected chi connectivity index (χ4v) is 1.26. The minimum Gasteiger partial charge on any atom is -0.326 e. The quantitative estimate of drug-likeness (QED) is 0.669. The summed E-state index contributed by atoms with van der Waals surface area (Å²) in [4.78, 5) is 8.31. The van der Waals surface area contributed by atoms with E-state index in [0.717, 1.165) is 6.07 Å². The molecule has 0 aliphatic rings. The van der Waals surface area contributed by atoms with Gasteiger partial charge in [-0.2, -0.15) is 13.2 Å². The molecule has 1 atom stereocenters. The molecule has 0 bridgehead atoms. The predicted molar refractivity (Wildman–Crippen MR) is 47.4 cm³/mol. The molecule has 0 amide bonds. The summed E-state index contributed by atoms with van der Waals surface area (Å²) in [5.41, 5.74) is -1.33. The highest BCUT2D eigenvalue weighted by Crippen LogP contribution is 2.30. The van der Waals surface area contributed by atoms with Crippen LogP contribution in [0, 0.1) is 5.82 Å². The monoisotopic (exact) mass is 258 g/mol. The molecular formula is C8H7F4O3P. The maximum Gasteiger partial charge on any atom is 0.416 e. The molecule has 0 saturated carbocycles. The molecule has 0 saturated heterocycles. The van der Waals surface area contributed by atoms with E-state index in [0.29, 0.717) is 12.1 Å². The third-order valence-corrected chi connectivity index (χ3v) is 2.12. The van der Waals surface area contributed by atoms with Crippen molar-refractivity contribution < 1.29 is 31.5 Å². The molecule has 1 aromatic rings. The van der Waals surface area contributed by atoms with Gasteiger partial charge in [-0.3, -0.25) is 4.57 Å². The molecule has 0 heterocycles. The van der Waals surface area contributed by atoms with Crippen LogP contribution in [0.2, 0.25) is 0 Å². The Bertz CT molecular complexity index is 405. The summed E-state index contributed by atoms with van der Waals surface area (Å²) in [5, 5.41) is 0. The number of rotatable bonds is 3. The normalized spacial score (nSPS) is 13.8. The Morgan fingerprint density at radius 1 is 1.38 bits per heavy atom. The van der Waals surface area contributed by atoms with E-state index in [1.54, 1.807) is 0 Å². The molecule has 1 N–H and O–H groups in total. The standard InChI is InChI=1S/C8H7F4O3P/c9-7-3-6(8(10,11)12)2-1-5(7)4-15-16(13)14/h1-3,16H,4H2,(H,13,14). The van der Waals surface area contributed by atoms with Gasteiger partial charge in [-0.15, -0.1) is 0 Å². The maximum atomic E-state index is 13.1. The van der Waals surface area contributed by atoms with Gasteiger partial charge < -0.3 is 9.42 Å². The van der Waals surface area contributed by atoms with E-state index in [1.165, 1.54) is 0 Å². The van der Waals surface area contributed by atoms with Crippen molar-refractivity contribution in [3.05, 3.63) is 35.1 Å². The molecule has 0 aromatic heterocycles. The zero-order valence-electron chi connectivity index (χ0n) is 7.71. The third kappa shape index (κ3) is 3.59. The van der Waals surface area contributed by atoms with Crippen LogP contribution < -0.4 is 0 Å². The second-order valence-corrected chi connectivity index (χ2v) is 3.68. The number of hydrogen-bond donors (Lipinski definition) is 1. The molecular weight excluding hydrogens is 251 g/mol. The third-order valence-electron chi connectivity index (χ3n) is 1.73. The number of benzene rings is 1. The number of hydrogen-bond acceptors (Lipinski definition) is 2. The Labute approximate surface area is 88.6 Å². The summed E-state index contributed by atoms with van der Waals surface area (Å²) in [7, 11) is -3.23. The van der Waals surface area contributed by atoms with E-state index in [2.05, 4.69) is 4.52 Å². The fraction of sp³-hybridized carbons (Fsp3) is 0.250. The lowest BCUT2D eigenvalue weighted by Crippen LogP contribution is -2.06. The van der Waals surface area contributed by atoms with Gasteiger partial charge in [0.15, 0.2) is 0 Å². The molecule has 3 nitrogen and oxygen atoms in total. The Balaban J connectivity index is 2.88. The fourth-order valence-electron chi connectivity index (χ4n) is 0.980. The topological polar surface area (TPSA) is 46.5 Å². The van der Waals surface area contributed by atoms with Gasteiger partial charge in [0.25, 0.3) is 0 Å². The van der Waals surface area contributed by atoms with Crippen LogP contribution in [0.1, 0.15) is 11.1 Å². The predicted octanol–water partition coefficient (Wildman–Crippen LogP) is 2.74. The van der Waals surface area contributed by atoms with Gasteiger partial charge in [0, 0.05) is 5.56 Å². The molecule has 8 heteroatoms. The highest BCUT2D eigenvalue weighted by atomic mass is 31.1. The van der Waals surface area contributed by atoms with Crippen molar-refractivity contribution >= 4 is 8.25 Å². The van der Waals surface area contributed by atoms with Crippen LogP contribution in [0.4, 0.5) is 17.6 Å². The minimum atomic E-state index is -4.62. The molecule has 0 aliphatic carbocycles. The summed E-state index contributed by atoms with van der Waals surface area (Å²) < 4.78 is 63.9.